The van der Waals surface area contributed by atoms with E-state index in [9.17, 15) is 0 Å². The topological polar surface area (TPSA) is 22.1 Å². The molecule has 0 fully saturated rings. The van der Waals surface area contributed by atoms with Crippen molar-refractivity contribution in [3.63, 3.8) is 0 Å². The van der Waals surface area contributed by atoms with E-state index in [2.05, 4.69) is 32.7 Å². The SMILES string of the molecule is COc1ccc(C(C)C)nc1C(C)C. The van der Waals surface area contributed by atoms with Crippen LogP contribution in [-0.2, 0) is 0 Å². The van der Waals surface area contributed by atoms with Gasteiger partial charge in [-0.25, -0.2) is 0 Å². The molecule has 0 radical (unpaired) electrons. The largest absolute Gasteiger partial charge is 0.495 e. The summed E-state index contributed by atoms with van der Waals surface area (Å²) in [7, 11) is 1.69. The van der Waals surface area contributed by atoms with E-state index in [1.807, 2.05) is 12.1 Å². The minimum Gasteiger partial charge on any atom is -0.495 e. The van der Waals surface area contributed by atoms with Crippen LogP contribution in [0.1, 0.15) is 50.9 Å². The Bertz CT molecular complexity index is 305. The Morgan fingerprint density at radius 2 is 1.71 bits per heavy atom. The normalized spacial score (nSPS) is 11.1. The standard InChI is InChI=1S/C12H19NO/c1-8(2)10-6-7-11(14-5)12(13-10)9(3)4/h6-9H,1-5H3. The van der Waals surface area contributed by atoms with Crippen molar-refractivity contribution in [2.75, 3.05) is 7.11 Å². The highest BCUT2D eigenvalue weighted by Gasteiger charge is 2.11. The van der Waals surface area contributed by atoms with Gasteiger partial charge in [0, 0.05) is 5.69 Å². The van der Waals surface area contributed by atoms with E-state index >= 15 is 0 Å². The molecule has 0 unspecified atom stereocenters. The summed E-state index contributed by atoms with van der Waals surface area (Å²) in [5.74, 6) is 1.77. The molecule has 0 saturated heterocycles. The summed E-state index contributed by atoms with van der Waals surface area (Å²) in [5, 5.41) is 0. The molecule has 0 N–H and O–H groups in total. The van der Waals surface area contributed by atoms with Crippen LogP contribution in [0.4, 0.5) is 0 Å². The number of ether oxygens (including phenoxy) is 1. The first kappa shape index (κ1) is 11.0. The maximum Gasteiger partial charge on any atom is 0.140 e. The summed E-state index contributed by atoms with van der Waals surface area (Å²) >= 11 is 0. The molecule has 2 heteroatoms. The van der Waals surface area contributed by atoms with Crippen molar-refractivity contribution < 1.29 is 4.74 Å². The Kier molecular flexibility index (Phi) is 3.50. The van der Waals surface area contributed by atoms with Crippen LogP contribution < -0.4 is 4.74 Å². The number of hydrogen-bond acceptors (Lipinski definition) is 2. The van der Waals surface area contributed by atoms with E-state index in [0.717, 1.165) is 17.1 Å². The fraction of sp³-hybridized carbons (Fsp3) is 0.583. The van der Waals surface area contributed by atoms with E-state index in [1.54, 1.807) is 7.11 Å². The van der Waals surface area contributed by atoms with Gasteiger partial charge >= 0.3 is 0 Å². The van der Waals surface area contributed by atoms with E-state index in [1.165, 1.54) is 0 Å². The molecule has 2 nitrogen and oxygen atoms in total. The highest BCUT2D eigenvalue weighted by molar-refractivity contribution is 5.32. The monoisotopic (exact) mass is 193 g/mol. The lowest BCUT2D eigenvalue weighted by Crippen LogP contribution is -2.02. The van der Waals surface area contributed by atoms with Gasteiger partial charge in [-0.15, -0.1) is 0 Å². The van der Waals surface area contributed by atoms with Gasteiger partial charge in [-0.3, -0.25) is 4.98 Å². The van der Waals surface area contributed by atoms with Gasteiger partial charge in [0.05, 0.1) is 12.8 Å². The van der Waals surface area contributed by atoms with E-state index in [4.69, 9.17) is 4.74 Å². The molecule has 78 valence electrons. The first-order valence-electron chi connectivity index (χ1n) is 5.11. The lowest BCUT2D eigenvalue weighted by Gasteiger charge is -2.13. The Hall–Kier alpha value is -1.05. The van der Waals surface area contributed by atoms with Crippen LogP contribution in [0.3, 0.4) is 0 Å². The quantitative estimate of drug-likeness (QED) is 0.734. The number of pyridine rings is 1. The van der Waals surface area contributed by atoms with Crippen LogP contribution in [-0.4, -0.2) is 12.1 Å². The summed E-state index contributed by atoms with van der Waals surface area (Å²) in [6.07, 6.45) is 0. The van der Waals surface area contributed by atoms with Gasteiger partial charge in [-0.2, -0.15) is 0 Å². The van der Waals surface area contributed by atoms with Gasteiger partial charge in [-0.1, -0.05) is 27.7 Å². The molecular formula is C12H19NO. The third kappa shape index (κ3) is 2.25. The Morgan fingerprint density at radius 3 is 2.14 bits per heavy atom. The molecule has 1 heterocycles. The highest BCUT2D eigenvalue weighted by atomic mass is 16.5. The smallest absolute Gasteiger partial charge is 0.140 e. The molecule has 0 aromatic carbocycles. The first-order valence-corrected chi connectivity index (χ1v) is 5.11. The van der Waals surface area contributed by atoms with Crippen molar-refractivity contribution in [1.29, 1.82) is 0 Å². The summed E-state index contributed by atoms with van der Waals surface area (Å²) in [4.78, 5) is 4.62. The maximum absolute atomic E-state index is 5.28. The van der Waals surface area contributed by atoms with Gasteiger partial charge in [0.2, 0.25) is 0 Å². The molecule has 0 saturated carbocycles. The van der Waals surface area contributed by atoms with Crippen LogP contribution in [0.25, 0.3) is 0 Å². The molecular weight excluding hydrogens is 174 g/mol. The minimum absolute atomic E-state index is 0.406. The van der Waals surface area contributed by atoms with Gasteiger partial charge < -0.3 is 4.74 Å². The number of methoxy groups -OCH3 is 1. The predicted molar refractivity (Wildman–Crippen MR) is 59.0 cm³/mol. The summed E-state index contributed by atoms with van der Waals surface area (Å²) in [5.41, 5.74) is 2.19. The van der Waals surface area contributed by atoms with Gasteiger partial charge in [0.15, 0.2) is 0 Å². The second kappa shape index (κ2) is 4.45. The second-order valence-electron chi connectivity index (χ2n) is 4.13. The third-order valence-electron chi connectivity index (χ3n) is 2.27. The highest BCUT2D eigenvalue weighted by Crippen LogP contribution is 2.26. The van der Waals surface area contributed by atoms with Crippen LogP contribution in [0.2, 0.25) is 0 Å². The van der Waals surface area contributed by atoms with Crippen LogP contribution in [0, 0.1) is 0 Å². The van der Waals surface area contributed by atoms with E-state index in [-0.39, 0.29) is 0 Å². The Labute approximate surface area is 86.3 Å². The van der Waals surface area contributed by atoms with Gasteiger partial charge in [0.1, 0.15) is 5.75 Å². The zero-order valence-corrected chi connectivity index (χ0v) is 9.66. The number of hydrogen-bond donors (Lipinski definition) is 0. The van der Waals surface area contributed by atoms with Crippen molar-refractivity contribution in [2.45, 2.75) is 39.5 Å². The molecule has 0 atom stereocenters. The van der Waals surface area contributed by atoms with Gasteiger partial charge in [0.25, 0.3) is 0 Å². The lowest BCUT2D eigenvalue weighted by atomic mass is 10.1. The summed E-state index contributed by atoms with van der Waals surface area (Å²) in [6, 6.07) is 4.05. The number of rotatable bonds is 3. The molecule has 0 aliphatic heterocycles. The lowest BCUT2D eigenvalue weighted by molar-refractivity contribution is 0.403. The number of nitrogens with zero attached hydrogens (tertiary/aromatic N) is 1. The molecule has 0 bridgehead atoms. The molecule has 1 rings (SSSR count). The number of aromatic nitrogens is 1. The van der Waals surface area contributed by atoms with Crippen molar-refractivity contribution in [3.05, 3.63) is 23.5 Å². The van der Waals surface area contributed by atoms with Crippen LogP contribution >= 0.6 is 0 Å². The van der Waals surface area contributed by atoms with Crippen molar-refractivity contribution in [3.8, 4) is 5.75 Å². The minimum atomic E-state index is 0.406. The maximum atomic E-state index is 5.28. The van der Waals surface area contributed by atoms with E-state index in [0.29, 0.717) is 11.8 Å². The first-order chi connectivity index (χ1) is 6.56. The van der Waals surface area contributed by atoms with Crippen molar-refractivity contribution in [1.82, 2.24) is 4.98 Å². The molecule has 14 heavy (non-hydrogen) atoms. The van der Waals surface area contributed by atoms with Gasteiger partial charge in [-0.05, 0) is 24.0 Å². The summed E-state index contributed by atoms with van der Waals surface area (Å²) in [6.45, 7) is 8.57. The van der Waals surface area contributed by atoms with E-state index < -0.39 is 0 Å². The fourth-order valence-corrected chi connectivity index (χ4v) is 1.39. The Balaban J connectivity index is 3.14. The average molecular weight is 193 g/mol. The molecule has 0 aliphatic rings. The molecule has 0 amide bonds. The van der Waals surface area contributed by atoms with Crippen LogP contribution in [0.15, 0.2) is 12.1 Å². The fourth-order valence-electron chi connectivity index (χ4n) is 1.39. The van der Waals surface area contributed by atoms with Crippen molar-refractivity contribution in [2.24, 2.45) is 0 Å². The molecule has 1 aromatic heterocycles. The van der Waals surface area contributed by atoms with Crippen LogP contribution in [0.5, 0.6) is 5.75 Å². The predicted octanol–water partition coefficient (Wildman–Crippen LogP) is 3.34. The average Bonchev–Trinajstić information content (AvgIpc) is 2.16. The zero-order chi connectivity index (χ0) is 10.7. The molecule has 1 aromatic rings. The molecule has 0 aliphatic carbocycles. The summed E-state index contributed by atoms with van der Waals surface area (Å²) < 4.78 is 5.28. The van der Waals surface area contributed by atoms with Crippen molar-refractivity contribution >= 4 is 0 Å². The second-order valence-corrected chi connectivity index (χ2v) is 4.13. The Morgan fingerprint density at radius 1 is 1.07 bits per heavy atom. The zero-order valence-electron chi connectivity index (χ0n) is 9.66. The molecule has 0 spiro atoms. The third-order valence-corrected chi connectivity index (χ3v) is 2.27.